The molecule has 0 saturated carbocycles. The molecule has 0 radical (unpaired) electrons. The van der Waals surface area contributed by atoms with Gasteiger partial charge < -0.3 is 5.11 Å². The zero-order valence-electron chi connectivity index (χ0n) is 9.50. The monoisotopic (exact) mass is 440 g/mol. The first-order valence-electron chi connectivity index (χ1n) is 4.96. The number of hydrogen-bond acceptors (Lipinski definition) is 5. The summed E-state index contributed by atoms with van der Waals surface area (Å²) in [5.74, 6) is -1.39. The van der Waals surface area contributed by atoms with Crippen LogP contribution in [0.3, 0.4) is 0 Å². The molecule has 0 spiro atoms. The van der Waals surface area contributed by atoms with E-state index in [1.165, 1.54) is 5.51 Å². The molecular formula is C10H6Br2N2O4S2. The molecule has 0 unspecified atom stereocenters. The van der Waals surface area contributed by atoms with Gasteiger partial charge in [-0.3, -0.25) is 4.72 Å². The molecule has 0 bridgehead atoms. The molecule has 106 valence electrons. The Balaban J connectivity index is 2.44. The van der Waals surface area contributed by atoms with E-state index in [1.54, 1.807) is 18.2 Å². The van der Waals surface area contributed by atoms with Gasteiger partial charge in [0.1, 0.15) is 0 Å². The fraction of sp³-hybridized carbons (Fsp3) is 0. The molecule has 0 atom stereocenters. The minimum Gasteiger partial charge on any atom is -0.476 e. The van der Waals surface area contributed by atoms with Crippen LogP contribution < -0.4 is 4.72 Å². The number of benzene rings is 1. The third kappa shape index (κ3) is 3.19. The lowest BCUT2D eigenvalue weighted by Crippen LogP contribution is -2.15. The van der Waals surface area contributed by atoms with Crippen molar-refractivity contribution in [3.63, 3.8) is 0 Å². The fourth-order valence-electron chi connectivity index (χ4n) is 1.34. The van der Waals surface area contributed by atoms with Gasteiger partial charge in [0.05, 0.1) is 11.2 Å². The Labute approximate surface area is 135 Å². The number of nitrogens with one attached hydrogen (secondary N) is 1. The standard InChI is InChI=1S/C10H6Br2N2O4S2/c11-5-1-2-6(12)7(3-5)14-20(17,18)10-8(9(15)16)13-4-19-10/h1-4,14H,(H,15,16). The summed E-state index contributed by atoms with van der Waals surface area (Å²) in [4.78, 5) is 14.5. The summed E-state index contributed by atoms with van der Waals surface area (Å²) in [6, 6.07) is 4.95. The Hall–Kier alpha value is -0.970. The van der Waals surface area contributed by atoms with Gasteiger partial charge in [-0.25, -0.2) is 18.2 Å². The van der Waals surface area contributed by atoms with Crippen molar-refractivity contribution in [2.24, 2.45) is 0 Å². The summed E-state index contributed by atoms with van der Waals surface area (Å²) in [6.07, 6.45) is 0. The van der Waals surface area contributed by atoms with Crippen LogP contribution in [0.25, 0.3) is 0 Å². The molecule has 6 nitrogen and oxygen atoms in total. The lowest BCUT2D eigenvalue weighted by Gasteiger charge is -2.09. The molecular weight excluding hydrogens is 436 g/mol. The second-order valence-electron chi connectivity index (χ2n) is 3.52. The SMILES string of the molecule is O=C(O)c1ncsc1S(=O)(=O)Nc1cc(Br)ccc1Br. The first kappa shape index (κ1) is 15.4. The van der Waals surface area contributed by atoms with Gasteiger partial charge in [0, 0.05) is 8.95 Å². The number of carboxylic acids is 1. The van der Waals surface area contributed by atoms with Gasteiger partial charge >= 0.3 is 5.97 Å². The summed E-state index contributed by atoms with van der Waals surface area (Å²) in [6.45, 7) is 0. The second-order valence-corrected chi connectivity index (χ2v) is 8.03. The van der Waals surface area contributed by atoms with E-state index < -0.39 is 21.7 Å². The summed E-state index contributed by atoms with van der Waals surface area (Å²) in [7, 11) is -4.01. The van der Waals surface area contributed by atoms with Crippen LogP contribution in [0, 0.1) is 0 Å². The van der Waals surface area contributed by atoms with Gasteiger partial charge in [-0.05, 0) is 34.1 Å². The van der Waals surface area contributed by atoms with Crippen molar-refractivity contribution in [3.8, 4) is 0 Å². The Morgan fingerprint density at radius 2 is 2.05 bits per heavy atom. The number of rotatable bonds is 4. The lowest BCUT2D eigenvalue weighted by molar-refractivity contribution is 0.0687. The number of carbonyl (C=O) groups is 1. The number of hydrogen-bond donors (Lipinski definition) is 2. The highest BCUT2D eigenvalue weighted by Gasteiger charge is 2.26. The van der Waals surface area contributed by atoms with Crippen molar-refractivity contribution < 1.29 is 18.3 Å². The van der Waals surface area contributed by atoms with Crippen molar-refractivity contribution in [2.75, 3.05) is 4.72 Å². The van der Waals surface area contributed by atoms with Crippen LogP contribution in [0.2, 0.25) is 0 Å². The van der Waals surface area contributed by atoms with E-state index >= 15 is 0 Å². The second kappa shape index (κ2) is 5.80. The van der Waals surface area contributed by atoms with Gasteiger partial charge in [0.25, 0.3) is 10.0 Å². The Bertz CT molecular complexity index is 773. The maximum absolute atomic E-state index is 12.2. The number of sulfonamides is 1. The molecule has 0 saturated heterocycles. The average molecular weight is 442 g/mol. The molecule has 0 aliphatic heterocycles. The van der Waals surface area contributed by atoms with Crippen molar-refractivity contribution >= 4 is 64.9 Å². The highest BCUT2D eigenvalue weighted by molar-refractivity contribution is 9.11. The maximum Gasteiger partial charge on any atom is 0.356 e. The molecule has 0 amide bonds. The molecule has 0 aliphatic carbocycles. The van der Waals surface area contributed by atoms with Gasteiger partial charge in [-0.15, -0.1) is 11.3 Å². The Kier molecular flexibility index (Phi) is 4.47. The Morgan fingerprint density at radius 3 is 2.70 bits per heavy atom. The Morgan fingerprint density at radius 1 is 1.35 bits per heavy atom. The van der Waals surface area contributed by atoms with Crippen LogP contribution in [0.1, 0.15) is 10.5 Å². The normalized spacial score (nSPS) is 11.3. The van der Waals surface area contributed by atoms with Crippen molar-refractivity contribution in [3.05, 3.63) is 38.3 Å². The van der Waals surface area contributed by atoms with Crippen LogP contribution in [0.4, 0.5) is 5.69 Å². The molecule has 0 fully saturated rings. The fourth-order valence-corrected chi connectivity index (χ4v) is 4.39. The topological polar surface area (TPSA) is 96.4 Å². The van der Waals surface area contributed by atoms with Gasteiger partial charge in [-0.1, -0.05) is 15.9 Å². The largest absolute Gasteiger partial charge is 0.476 e. The van der Waals surface area contributed by atoms with Crippen LogP contribution in [0.15, 0.2) is 36.9 Å². The molecule has 2 N–H and O–H groups in total. The van der Waals surface area contributed by atoms with E-state index in [9.17, 15) is 13.2 Å². The summed E-state index contributed by atoms with van der Waals surface area (Å²) < 4.78 is 27.6. The first-order valence-corrected chi connectivity index (χ1v) is 8.91. The predicted molar refractivity (Wildman–Crippen MR) is 81.7 cm³/mol. The predicted octanol–water partition coefficient (Wildman–Crippen LogP) is 3.17. The van der Waals surface area contributed by atoms with Crippen molar-refractivity contribution in [2.45, 2.75) is 4.21 Å². The molecule has 1 aromatic heterocycles. The van der Waals surface area contributed by atoms with Gasteiger partial charge in [0.15, 0.2) is 9.90 Å². The van der Waals surface area contributed by atoms with Crippen LogP contribution >= 0.6 is 43.2 Å². The van der Waals surface area contributed by atoms with Crippen molar-refractivity contribution in [1.29, 1.82) is 0 Å². The molecule has 20 heavy (non-hydrogen) atoms. The van der Waals surface area contributed by atoms with Crippen LogP contribution in [-0.4, -0.2) is 24.5 Å². The molecule has 2 aromatic rings. The van der Waals surface area contributed by atoms with E-state index in [0.717, 1.165) is 11.3 Å². The van der Waals surface area contributed by atoms with E-state index in [2.05, 4.69) is 41.6 Å². The van der Waals surface area contributed by atoms with E-state index in [-0.39, 0.29) is 4.21 Å². The summed E-state index contributed by atoms with van der Waals surface area (Å²) in [5, 5.41) is 8.92. The molecule has 2 rings (SSSR count). The van der Waals surface area contributed by atoms with Crippen LogP contribution in [0.5, 0.6) is 0 Å². The first-order chi connectivity index (χ1) is 9.31. The number of halogens is 2. The van der Waals surface area contributed by atoms with Crippen molar-refractivity contribution in [1.82, 2.24) is 4.98 Å². The number of nitrogens with zero attached hydrogens (tertiary/aromatic N) is 1. The number of aromatic nitrogens is 1. The van der Waals surface area contributed by atoms with E-state index in [0.29, 0.717) is 14.6 Å². The smallest absolute Gasteiger partial charge is 0.356 e. The highest BCUT2D eigenvalue weighted by Crippen LogP contribution is 2.30. The van der Waals surface area contributed by atoms with E-state index in [1.807, 2.05) is 0 Å². The molecule has 1 heterocycles. The lowest BCUT2D eigenvalue weighted by atomic mass is 10.3. The van der Waals surface area contributed by atoms with E-state index in [4.69, 9.17) is 5.11 Å². The molecule has 0 aliphatic rings. The van der Waals surface area contributed by atoms with Crippen LogP contribution in [-0.2, 0) is 10.0 Å². The minimum atomic E-state index is -4.01. The highest BCUT2D eigenvalue weighted by atomic mass is 79.9. The summed E-state index contributed by atoms with van der Waals surface area (Å²) in [5.41, 5.74) is 0.978. The maximum atomic E-state index is 12.2. The zero-order chi connectivity index (χ0) is 14.9. The number of thiazole rings is 1. The average Bonchev–Trinajstić information content (AvgIpc) is 2.83. The van der Waals surface area contributed by atoms with Gasteiger partial charge in [0.2, 0.25) is 0 Å². The molecule has 10 heteroatoms. The number of anilines is 1. The quantitative estimate of drug-likeness (QED) is 0.759. The summed E-state index contributed by atoms with van der Waals surface area (Å²) >= 11 is 7.19. The molecule has 1 aromatic carbocycles. The third-order valence-corrected chi connectivity index (χ3v) is 6.07. The van der Waals surface area contributed by atoms with Gasteiger partial charge in [-0.2, -0.15) is 0 Å². The minimum absolute atomic E-state index is 0.295. The number of aromatic carboxylic acids is 1. The number of carboxylic acid groups (broad SMARTS) is 1. The zero-order valence-corrected chi connectivity index (χ0v) is 14.3. The third-order valence-electron chi connectivity index (χ3n) is 2.15.